The van der Waals surface area contributed by atoms with Gasteiger partial charge in [-0.25, -0.2) is 9.49 Å². The maximum absolute atomic E-state index is 14.1. The number of hydrogen-bond acceptors (Lipinski definition) is 4. The van der Waals surface area contributed by atoms with Crippen molar-refractivity contribution in [3.05, 3.63) is 68.8 Å². The quantitative estimate of drug-likeness (QED) is 0.706. The first-order valence-electron chi connectivity index (χ1n) is 8.94. The normalized spacial score (nSPS) is 24.1. The predicted octanol–water partition coefficient (Wildman–Crippen LogP) is 3.68. The third kappa shape index (κ3) is 2.63. The molecule has 3 aromatic rings. The standard InChI is InChI=1S/C20H17ClFN3O2/c21-14-4-2-1-3-12(14)17-18(10-5-6-27-9-10)23-15-8-11(22)7-13-16(15)19(17)24-25-20(13)26/h1-4,7-8,10,17-18,23H,5-6,9H2,(H,25,26)/t10-,17-,18-/m1/s1. The molecule has 2 N–H and O–H groups in total. The number of H-pyrrole nitrogens is 1. The first-order valence-corrected chi connectivity index (χ1v) is 9.32. The monoisotopic (exact) mass is 385 g/mol. The molecule has 5 nitrogen and oxygen atoms in total. The number of ether oxygens (including phenoxy) is 1. The molecule has 0 spiro atoms. The van der Waals surface area contributed by atoms with E-state index in [9.17, 15) is 9.18 Å². The van der Waals surface area contributed by atoms with Crippen LogP contribution >= 0.6 is 11.6 Å². The van der Waals surface area contributed by atoms with Crippen molar-refractivity contribution >= 4 is 28.1 Å². The van der Waals surface area contributed by atoms with Gasteiger partial charge in [-0.15, -0.1) is 0 Å². The van der Waals surface area contributed by atoms with Gasteiger partial charge in [-0.2, -0.15) is 5.10 Å². The van der Waals surface area contributed by atoms with Gasteiger partial charge in [0.25, 0.3) is 5.56 Å². The number of nitrogens with zero attached hydrogens (tertiary/aromatic N) is 1. The highest BCUT2D eigenvalue weighted by Crippen LogP contribution is 2.45. The van der Waals surface area contributed by atoms with Crippen LogP contribution in [-0.4, -0.2) is 29.5 Å². The minimum Gasteiger partial charge on any atom is -0.381 e. The van der Waals surface area contributed by atoms with Crippen LogP contribution in [0.2, 0.25) is 5.02 Å². The Morgan fingerprint density at radius 1 is 1.26 bits per heavy atom. The van der Waals surface area contributed by atoms with Gasteiger partial charge in [-0.1, -0.05) is 29.8 Å². The summed E-state index contributed by atoms with van der Waals surface area (Å²) < 4.78 is 19.8. The number of anilines is 1. The number of aromatic nitrogens is 2. The van der Waals surface area contributed by atoms with Gasteiger partial charge in [-0.3, -0.25) is 4.79 Å². The molecule has 2 aromatic carbocycles. The molecule has 0 bridgehead atoms. The fraction of sp³-hybridized carbons (Fsp3) is 0.300. The molecule has 0 saturated carbocycles. The SMILES string of the molecule is O=c1[nH]nc2c3c(cc(F)cc13)N[C@H]([C@@H]1CCOC1)[C@H]2c1ccccc1Cl. The van der Waals surface area contributed by atoms with Crippen molar-refractivity contribution in [1.82, 2.24) is 10.2 Å². The minimum atomic E-state index is -0.453. The first-order chi connectivity index (χ1) is 13.1. The summed E-state index contributed by atoms with van der Waals surface area (Å²) in [4.78, 5) is 12.3. The minimum absolute atomic E-state index is 0.0664. The van der Waals surface area contributed by atoms with E-state index in [1.807, 2.05) is 24.3 Å². The van der Waals surface area contributed by atoms with E-state index in [1.165, 1.54) is 12.1 Å². The van der Waals surface area contributed by atoms with E-state index in [1.54, 1.807) is 0 Å². The highest BCUT2D eigenvalue weighted by Gasteiger charge is 2.40. The number of hydrogen-bond donors (Lipinski definition) is 2. The van der Waals surface area contributed by atoms with Gasteiger partial charge >= 0.3 is 0 Å². The van der Waals surface area contributed by atoms with E-state index < -0.39 is 11.4 Å². The van der Waals surface area contributed by atoms with Crippen LogP contribution in [0.15, 0.2) is 41.2 Å². The molecular weight excluding hydrogens is 369 g/mol. The molecular formula is C20H17ClFN3O2. The lowest BCUT2D eigenvalue weighted by molar-refractivity contribution is 0.180. The van der Waals surface area contributed by atoms with Crippen molar-refractivity contribution < 1.29 is 9.13 Å². The highest BCUT2D eigenvalue weighted by molar-refractivity contribution is 6.31. The number of nitrogens with one attached hydrogen (secondary N) is 2. The second kappa shape index (κ2) is 6.32. The van der Waals surface area contributed by atoms with Crippen LogP contribution in [-0.2, 0) is 4.74 Å². The number of benzene rings is 2. The maximum atomic E-state index is 14.1. The van der Waals surface area contributed by atoms with Crippen molar-refractivity contribution in [3.63, 3.8) is 0 Å². The van der Waals surface area contributed by atoms with Gasteiger partial charge < -0.3 is 10.1 Å². The lowest BCUT2D eigenvalue weighted by atomic mass is 9.77. The third-order valence-corrected chi connectivity index (χ3v) is 5.91. The molecule has 1 saturated heterocycles. The lowest BCUT2D eigenvalue weighted by Crippen LogP contribution is -2.40. The summed E-state index contributed by atoms with van der Waals surface area (Å²) in [6, 6.07) is 10.3. The molecule has 0 aliphatic carbocycles. The molecule has 5 rings (SSSR count). The van der Waals surface area contributed by atoms with Gasteiger partial charge in [0.2, 0.25) is 0 Å². The fourth-order valence-electron chi connectivity index (χ4n) is 4.35. The predicted molar refractivity (Wildman–Crippen MR) is 102 cm³/mol. The first kappa shape index (κ1) is 16.7. The van der Waals surface area contributed by atoms with E-state index >= 15 is 0 Å². The fourth-order valence-corrected chi connectivity index (χ4v) is 4.61. The number of aromatic amines is 1. The molecule has 0 unspecified atom stereocenters. The Morgan fingerprint density at radius 2 is 2.11 bits per heavy atom. The van der Waals surface area contributed by atoms with Crippen molar-refractivity contribution in [2.45, 2.75) is 18.4 Å². The smallest absolute Gasteiger partial charge is 0.272 e. The molecule has 7 heteroatoms. The van der Waals surface area contributed by atoms with Gasteiger partial charge in [0, 0.05) is 34.7 Å². The molecule has 0 amide bonds. The molecule has 3 atom stereocenters. The van der Waals surface area contributed by atoms with Crippen LogP contribution < -0.4 is 10.9 Å². The van der Waals surface area contributed by atoms with Gasteiger partial charge in [-0.05, 0) is 30.2 Å². The average Bonchev–Trinajstić information content (AvgIpc) is 3.19. The molecule has 1 aromatic heterocycles. The van der Waals surface area contributed by atoms with Gasteiger partial charge in [0.05, 0.1) is 23.6 Å². The Kier molecular flexibility index (Phi) is 3.91. The molecule has 0 radical (unpaired) electrons. The lowest BCUT2D eigenvalue weighted by Gasteiger charge is -2.37. The zero-order chi connectivity index (χ0) is 18.5. The molecule has 3 heterocycles. The van der Waals surface area contributed by atoms with E-state index in [4.69, 9.17) is 16.3 Å². The van der Waals surface area contributed by atoms with Crippen molar-refractivity contribution in [2.24, 2.45) is 5.92 Å². The zero-order valence-corrected chi connectivity index (χ0v) is 15.1. The summed E-state index contributed by atoms with van der Waals surface area (Å²) in [5, 5.41) is 12.0. The molecule has 2 aliphatic rings. The Morgan fingerprint density at radius 3 is 2.89 bits per heavy atom. The van der Waals surface area contributed by atoms with Crippen LogP contribution in [0, 0.1) is 11.7 Å². The Labute approximate surface area is 159 Å². The van der Waals surface area contributed by atoms with Gasteiger partial charge in [0.15, 0.2) is 0 Å². The Hall–Kier alpha value is -2.44. The largest absolute Gasteiger partial charge is 0.381 e. The van der Waals surface area contributed by atoms with Crippen LogP contribution in [0.4, 0.5) is 10.1 Å². The zero-order valence-electron chi connectivity index (χ0n) is 14.3. The summed E-state index contributed by atoms with van der Waals surface area (Å²) in [6.07, 6.45) is 0.899. The highest BCUT2D eigenvalue weighted by atomic mass is 35.5. The molecule has 2 aliphatic heterocycles. The van der Waals surface area contributed by atoms with E-state index in [0.717, 1.165) is 12.0 Å². The Balaban J connectivity index is 1.80. The van der Waals surface area contributed by atoms with Crippen LogP contribution in [0.1, 0.15) is 23.6 Å². The molecule has 27 heavy (non-hydrogen) atoms. The van der Waals surface area contributed by atoms with Crippen molar-refractivity contribution in [1.29, 1.82) is 0 Å². The van der Waals surface area contributed by atoms with E-state index in [-0.39, 0.29) is 17.9 Å². The van der Waals surface area contributed by atoms with E-state index in [0.29, 0.717) is 40.4 Å². The summed E-state index contributed by atoms with van der Waals surface area (Å²) in [7, 11) is 0. The van der Waals surface area contributed by atoms with Gasteiger partial charge in [0.1, 0.15) is 5.82 Å². The summed E-state index contributed by atoms with van der Waals surface area (Å²) >= 11 is 6.53. The van der Waals surface area contributed by atoms with Crippen molar-refractivity contribution in [3.8, 4) is 0 Å². The summed E-state index contributed by atoms with van der Waals surface area (Å²) in [5.41, 5.74) is 1.83. The van der Waals surface area contributed by atoms with Crippen molar-refractivity contribution in [2.75, 3.05) is 18.5 Å². The second-order valence-corrected chi connectivity index (χ2v) is 7.51. The van der Waals surface area contributed by atoms with Crippen LogP contribution in [0.5, 0.6) is 0 Å². The number of rotatable bonds is 2. The maximum Gasteiger partial charge on any atom is 0.272 e. The van der Waals surface area contributed by atoms with E-state index in [2.05, 4.69) is 15.5 Å². The Bertz CT molecular complexity index is 1090. The topological polar surface area (TPSA) is 67.0 Å². The average molecular weight is 386 g/mol. The number of halogens is 2. The molecule has 1 fully saturated rings. The summed E-state index contributed by atoms with van der Waals surface area (Å²) in [5.74, 6) is -0.403. The van der Waals surface area contributed by atoms with Crippen LogP contribution in [0.25, 0.3) is 10.8 Å². The summed E-state index contributed by atoms with van der Waals surface area (Å²) in [6.45, 7) is 1.32. The second-order valence-electron chi connectivity index (χ2n) is 7.11. The third-order valence-electron chi connectivity index (χ3n) is 5.57. The molecule has 138 valence electrons. The van der Waals surface area contributed by atoms with Crippen LogP contribution in [0.3, 0.4) is 0 Å².